The molecule has 0 atom stereocenters. The summed E-state index contributed by atoms with van der Waals surface area (Å²) in [6.45, 7) is 1.78. The highest BCUT2D eigenvalue weighted by molar-refractivity contribution is 5.76. The Morgan fingerprint density at radius 1 is 1.17 bits per heavy atom. The van der Waals surface area contributed by atoms with Crippen molar-refractivity contribution in [2.45, 2.75) is 13.5 Å². The summed E-state index contributed by atoms with van der Waals surface area (Å²) in [7, 11) is 0. The zero-order valence-corrected chi connectivity index (χ0v) is 12.4. The highest BCUT2D eigenvalue weighted by atomic mass is 16.3. The SMILES string of the molecule is Cc1cccc(-c2[nH]c(CO)nc2-c2ccc3ncnn3c2)n1. The van der Waals surface area contributed by atoms with Crippen LogP contribution >= 0.6 is 0 Å². The van der Waals surface area contributed by atoms with Gasteiger partial charge in [0.1, 0.15) is 18.8 Å². The van der Waals surface area contributed by atoms with Crippen LogP contribution in [0.25, 0.3) is 28.3 Å². The molecule has 2 N–H and O–H groups in total. The number of nitrogens with one attached hydrogen (secondary N) is 1. The average Bonchev–Trinajstić information content (AvgIpc) is 3.20. The Bertz CT molecular complexity index is 987. The molecule has 4 heterocycles. The van der Waals surface area contributed by atoms with Gasteiger partial charge in [-0.05, 0) is 31.2 Å². The molecule has 7 nitrogen and oxygen atoms in total. The number of aryl methyl sites for hydroxylation is 1. The molecule has 23 heavy (non-hydrogen) atoms. The quantitative estimate of drug-likeness (QED) is 0.604. The number of hydrogen-bond donors (Lipinski definition) is 2. The number of aliphatic hydroxyl groups excluding tert-OH is 1. The maximum Gasteiger partial charge on any atom is 0.155 e. The highest BCUT2D eigenvalue weighted by Gasteiger charge is 2.15. The number of H-pyrrole nitrogens is 1. The van der Waals surface area contributed by atoms with Crippen LogP contribution in [-0.4, -0.2) is 34.7 Å². The molecular formula is C16H14N6O. The Morgan fingerprint density at radius 2 is 2.09 bits per heavy atom. The van der Waals surface area contributed by atoms with Gasteiger partial charge < -0.3 is 10.1 Å². The van der Waals surface area contributed by atoms with Crippen LogP contribution in [0.5, 0.6) is 0 Å². The number of nitrogens with zero attached hydrogens (tertiary/aromatic N) is 5. The zero-order chi connectivity index (χ0) is 15.8. The number of imidazole rings is 1. The van der Waals surface area contributed by atoms with E-state index in [-0.39, 0.29) is 6.61 Å². The molecule has 0 aliphatic rings. The Morgan fingerprint density at radius 3 is 2.91 bits per heavy atom. The molecular weight excluding hydrogens is 292 g/mol. The van der Waals surface area contributed by atoms with Crippen LogP contribution < -0.4 is 0 Å². The summed E-state index contributed by atoms with van der Waals surface area (Å²) in [5.74, 6) is 0.497. The fourth-order valence-electron chi connectivity index (χ4n) is 2.53. The van der Waals surface area contributed by atoms with Crippen LogP contribution in [0.4, 0.5) is 0 Å². The summed E-state index contributed by atoms with van der Waals surface area (Å²) in [5.41, 5.74) is 4.84. The number of aromatic amines is 1. The monoisotopic (exact) mass is 306 g/mol. The Labute approximate surface area is 131 Å². The first-order valence-electron chi connectivity index (χ1n) is 7.18. The summed E-state index contributed by atoms with van der Waals surface area (Å²) >= 11 is 0. The molecule has 114 valence electrons. The van der Waals surface area contributed by atoms with Gasteiger partial charge in [0.05, 0.1) is 17.1 Å². The third-order valence-corrected chi connectivity index (χ3v) is 3.59. The van der Waals surface area contributed by atoms with E-state index in [0.29, 0.717) is 5.82 Å². The maximum atomic E-state index is 9.42. The lowest BCUT2D eigenvalue weighted by molar-refractivity contribution is 0.272. The number of aliphatic hydroxyl groups is 1. The van der Waals surface area contributed by atoms with Crippen LogP contribution in [0.15, 0.2) is 42.9 Å². The van der Waals surface area contributed by atoms with E-state index in [4.69, 9.17) is 0 Å². The normalized spacial score (nSPS) is 11.2. The second-order valence-corrected chi connectivity index (χ2v) is 5.21. The lowest BCUT2D eigenvalue weighted by atomic mass is 10.1. The van der Waals surface area contributed by atoms with Gasteiger partial charge >= 0.3 is 0 Å². The Hall–Kier alpha value is -3.06. The fraction of sp³-hybridized carbons (Fsp3) is 0.125. The smallest absolute Gasteiger partial charge is 0.155 e. The molecule has 4 rings (SSSR count). The first-order chi connectivity index (χ1) is 11.2. The predicted molar refractivity (Wildman–Crippen MR) is 84.5 cm³/mol. The van der Waals surface area contributed by atoms with Gasteiger partial charge in [0.25, 0.3) is 0 Å². The van der Waals surface area contributed by atoms with Gasteiger partial charge in [-0.2, -0.15) is 5.10 Å². The molecule has 0 aliphatic carbocycles. The van der Waals surface area contributed by atoms with E-state index < -0.39 is 0 Å². The van der Waals surface area contributed by atoms with Crippen molar-refractivity contribution < 1.29 is 5.11 Å². The van der Waals surface area contributed by atoms with E-state index >= 15 is 0 Å². The number of aromatic nitrogens is 6. The van der Waals surface area contributed by atoms with Gasteiger partial charge in [-0.1, -0.05) is 6.07 Å². The van der Waals surface area contributed by atoms with Gasteiger partial charge in [0, 0.05) is 17.5 Å². The lowest BCUT2D eigenvalue weighted by Gasteiger charge is -2.04. The van der Waals surface area contributed by atoms with E-state index in [2.05, 4.69) is 25.0 Å². The minimum Gasteiger partial charge on any atom is -0.388 e. The number of rotatable bonds is 3. The topological polar surface area (TPSA) is 92.0 Å². The summed E-state index contributed by atoms with van der Waals surface area (Å²) in [4.78, 5) is 16.3. The largest absolute Gasteiger partial charge is 0.388 e. The van der Waals surface area contributed by atoms with Crippen molar-refractivity contribution in [1.29, 1.82) is 0 Å². The highest BCUT2D eigenvalue weighted by Crippen LogP contribution is 2.29. The van der Waals surface area contributed by atoms with Crippen molar-refractivity contribution >= 4 is 5.65 Å². The molecule has 0 aliphatic heterocycles. The van der Waals surface area contributed by atoms with E-state index in [1.807, 2.05) is 43.5 Å². The Kier molecular flexibility index (Phi) is 3.13. The number of hydrogen-bond acceptors (Lipinski definition) is 5. The van der Waals surface area contributed by atoms with Gasteiger partial charge in [-0.25, -0.2) is 14.5 Å². The van der Waals surface area contributed by atoms with Crippen LogP contribution in [0.2, 0.25) is 0 Å². The third kappa shape index (κ3) is 2.36. The number of fused-ring (bicyclic) bond motifs is 1. The third-order valence-electron chi connectivity index (χ3n) is 3.59. The second kappa shape index (κ2) is 5.29. The van der Waals surface area contributed by atoms with Crippen molar-refractivity contribution in [3.8, 4) is 22.6 Å². The van der Waals surface area contributed by atoms with Gasteiger partial charge in [-0.3, -0.25) is 4.98 Å². The van der Waals surface area contributed by atoms with Crippen molar-refractivity contribution in [1.82, 2.24) is 29.5 Å². The van der Waals surface area contributed by atoms with Crippen molar-refractivity contribution in [2.24, 2.45) is 0 Å². The summed E-state index contributed by atoms with van der Waals surface area (Å²) in [6.07, 6.45) is 3.37. The molecule has 0 spiro atoms. The van der Waals surface area contributed by atoms with Crippen LogP contribution in [0, 0.1) is 6.92 Å². The molecule has 0 bridgehead atoms. The van der Waals surface area contributed by atoms with Gasteiger partial charge in [-0.15, -0.1) is 0 Å². The van der Waals surface area contributed by atoms with Gasteiger partial charge in [0.15, 0.2) is 5.65 Å². The molecule has 0 amide bonds. The van der Waals surface area contributed by atoms with Crippen molar-refractivity contribution in [3.63, 3.8) is 0 Å². The predicted octanol–water partition coefficient (Wildman–Crippen LogP) is 1.98. The minimum absolute atomic E-state index is 0.162. The molecule has 0 saturated carbocycles. The average molecular weight is 306 g/mol. The number of pyridine rings is 2. The van der Waals surface area contributed by atoms with E-state index in [9.17, 15) is 5.11 Å². The molecule has 4 aromatic heterocycles. The minimum atomic E-state index is -0.162. The van der Waals surface area contributed by atoms with E-state index in [1.165, 1.54) is 6.33 Å². The van der Waals surface area contributed by atoms with Crippen LogP contribution in [-0.2, 0) is 6.61 Å². The molecule has 0 radical (unpaired) electrons. The summed E-state index contributed by atoms with van der Waals surface area (Å²) in [5, 5.41) is 13.6. The molecule has 0 fully saturated rings. The first-order valence-corrected chi connectivity index (χ1v) is 7.18. The van der Waals surface area contributed by atoms with E-state index in [0.717, 1.165) is 34.0 Å². The summed E-state index contributed by atoms with van der Waals surface area (Å²) in [6, 6.07) is 9.61. The molecule has 0 aromatic carbocycles. The van der Waals surface area contributed by atoms with Crippen molar-refractivity contribution in [2.75, 3.05) is 0 Å². The van der Waals surface area contributed by atoms with Crippen LogP contribution in [0.3, 0.4) is 0 Å². The molecule has 0 saturated heterocycles. The maximum absolute atomic E-state index is 9.42. The van der Waals surface area contributed by atoms with E-state index in [1.54, 1.807) is 4.52 Å². The standard InChI is InChI=1S/C16H14N6O/c1-10-3-2-4-12(19-10)16-15(20-13(8-23)21-16)11-5-6-14-17-9-18-22(14)7-11/h2-7,9,23H,8H2,1H3,(H,20,21). The molecule has 4 aromatic rings. The first kappa shape index (κ1) is 13.6. The zero-order valence-electron chi connectivity index (χ0n) is 12.4. The molecule has 0 unspecified atom stereocenters. The molecule has 7 heteroatoms. The second-order valence-electron chi connectivity index (χ2n) is 5.21. The van der Waals surface area contributed by atoms with Crippen LogP contribution in [0.1, 0.15) is 11.5 Å². The van der Waals surface area contributed by atoms with Gasteiger partial charge in [0.2, 0.25) is 0 Å². The lowest BCUT2D eigenvalue weighted by Crippen LogP contribution is -1.92. The van der Waals surface area contributed by atoms with Crippen molar-refractivity contribution in [3.05, 3.63) is 54.4 Å². The fourth-order valence-corrected chi connectivity index (χ4v) is 2.53. The Balaban J connectivity index is 1.91. The summed E-state index contributed by atoms with van der Waals surface area (Å²) < 4.78 is 1.69.